The zero-order valence-corrected chi connectivity index (χ0v) is 15.8. The summed E-state index contributed by atoms with van der Waals surface area (Å²) in [6.45, 7) is 3.13. The number of hydrogen-bond donors (Lipinski definition) is 2. The van der Waals surface area contributed by atoms with Crippen molar-refractivity contribution in [1.82, 2.24) is 20.4 Å². The number of carbonyl (C=O) groups excluding carboxylic acids is 1. The van der Waals surface area contributed by atoms with Crippen molar-refractivity contribution in [1.29, 1.82) is 0 Å². The van der Waals surface area contributed by atoms with Crippen LogP contribution < -0.4 is 10.6 Å². The van der Waals surface area contributed by atoms with E-state index in [1.54, 1.807) is 0 Å². The molecule has 1 amide bonds. The van der Waals surface area contributed by atoms with E-state index >= 15 is 0 Å². The Bertz CT molecular complexity index is 732. The minimum Gasteiger partial charge on any atom is -0.351 e. The molecule has 2 aliphatic rings. The third kappa shape index (κ3) is 3.79. The molecule has 26 heavy (non-hydrogen) atoms. The summed E-state index contributed by atoms with van der Waals surface area (Å²) in [4.78, 5) is 12.9. The summed E-state index contributed by atoms with van der Waals surface area (Å²) < 4.78 is 1.93. The van der Waals surface area contributed by atoms with Crippen LogP contribution in [0.4, 0.5) is 0 Å². The van der Waals surface area contributed by atoms with Crippen LogP contribution in [0.1, 0.15) is 36.8 Å². The lowest BCUT2D eigenvalue weighted by Gasteiger charge is -2.37. The summed E-state index contributed by atoms with van der Waals surface area (Å²) in [6, 6.07) is 10.3. The molecule has 5 nitrogen and oxygen atoms in total. The van der Waals surface area contributed by atoms with E-state index in [9.17, 15) is 4.79 Å². The topological polar surface area (TPSA) is 59.0 Å². The van der Waals surface area contributed by atoms with Crippen LogP contribution in [0.15, 0.2) is 42.7 Å². The van der Waals surface area contributed by atoms with E-state index in [0.29, 0.717) is 12.5 Å². The number of amides is 1. The average Bonchev–Trinajstić information content (AvgIpc) is 3.28. The molecule has 1 aliphatic heterocycles. The number of rotatable bonds is 5. The molecule has 0 bridgehead atoms. The molecule has 1 aromatic heterocycles. The Morgan fingerprint density at radius 1 is 1.27 bits per heavy atom. The van der Waals surface area contributed by atoms with Gasteiger partial charge in [-0.1, -0.05) is 43.2 Å². The molecular weight excluding hydrogens is 348 g/mol. The molecule has 4 rings (SSSR count). The van der Waals surface area contributed by atoms with Crippen molar-refractivity contribution < 1.29 is 4.79 Å². The van der Waals surface area contributed by atoms with Gasteiger partial charge in [0, 0.05) is 24.8 Å². The van der Waals surface area contributed by atoms with Crippen LogP contribution in [-0.2, 0) is 17.9 Å². The predicted molar refractivity (Wildman–Crippen MR) is 104 cm³/mol. The Morgan fingerprint density at radius 3 is 2.96 bits per heavy atom. The lowest BCUT2D eigenvalue weighted by atomic mass is 9.67. The van der Waals surface area contributed by atoms with Gasteiger partial charge in [0.1, 0.15) is 0 Å². The van der Waals surface area contributed by atoms with Gasteiger partial charge in [-0.2, -0.15) is 5.10 Å². The molecule has 1 aromatic carbocycles. The van der Waals surface area contributed by atoms with Crippen molar-refractivity contribution in [2.24, 2.45) is 11.3 Å². The van der Waals surface area contributed by atoms with E-state index in [2.05, 4.69) is 27.9 Å². The minimum atomic E-state index is -0.182. The summed E-state index contributed by atoms with van der Waals surface area (Å²) in [5, 5.41) is 11.0. The van der Waals surface area contributed by atoms with Gasteiger partial charge in [0.15, 0.2) is 0 Å². The Morgan fingerprint density at radius 2 is 2.12 bits per heavy atom. The van der Waals surface area contributed by atoms with E-state index in [-0.39, 0.29) is 23.7 Å². The van der Waals surface area contributed by atoms with Gasteiger partial charge in [-0.05, 0) is 30.9 Å². The van der Waals surface area contributed by atoms with Gasteiger partial charge in [0.05, 0.1) is 18.2 Å². The standard InChI is InChI=1S/C20H26N4O.ClH/c25-19(20-9-5-4-8-18(20)12-21-15-20)22-10-17-11-23-24(14-17)13-16-6-2-1-3-7-16;/h1-3,6-7,11,14,18,21H,4-5,8-10,12-13,15H2,(H,22,25);1H/t18-,20+;/m0./s1. The maximum atomic E-state index is 12.9. The van der Waals surface area contributed by atoms with E-state index in [4.69, 9.17) is 0 Å². The van der Waals surface area contributed by atoms with Crippen LogP contribution >= 0.6 is 12.4 Å². The normalized spacial score (nSPS) is 24.5. The first-order valence-electron chi connectivity index (χ1n) is 9.30. The fourth-order valence-electron chi connectivity index (χ4n) is 4.40. The second-order valence-electron chi connectivity index (χ2n) is 7.44. The molecule has 2 fully saturated rings. The molecule has 0 radical (unpaired) electrons. The zero-order chi connectivity index (χ0) is 17.1. The highest BCUT2D eigenvalue weighted by Crippen LogP contribution is 2.43. The Hall–Kier alpha value is -1.85. The van der Waals surface area contributed by atoms with Crippen molar-refractivity contribution in [3.05, 3.63) is 53.9 Å². The maximum Gasteiger partial charge on any atom is 0.228 e. The molecule has 6 heteroatoms. The van der Waals surface area contributed by atoms with E-state index in [1.807, 2.05) is 35.3 Å². The summed E-state index contributed by atoms with van der Waals surface area (Å²) in [5.41, 5.74) is 2.10. The number of fused-ring (bicyclic) bond motifs is 1. The van der Waals surface area contributed by atoms with Crippen LogP contribution in [0.25, 0.3) is 0 Å². The van der Waals surface area contributed by atoms with Gasteiger partial charge >= 0.3 is 0 Å². The number of aromatic nitrogens is 2. The number of nitrogens with zero attached hydrogens (tertiary/aromatic N) is 2. The predicted octanol–water partition coefficient (Wildman–Crippen LogP) is 2.75. The van der Waals surface area contributed by atoms with Gasteiger partial charge in [-0.25, -0.2) is 0 Å². The number of nitrogens with one attached hydrogen (secondary N) is 2. The molecule has 1 aliphatic carbocycles. The number of hydrogen-bond acceptors (Lipinski definition) is 3. The van der Waals surface area contributed by atoms with Crippen molar-refractivity contribution in [2.75, 3.05) is 13.1 Å². The molecule has 2 aromatic rings. The van der Waals surface area contributed by atoms with E-state index in [1.165, 1.54) is 24.8 Å². The highest BCUT2D eigenvalue weighted by atomic mass is 35.5. The van der Waals surface area contributed by atoms with Gasteiger partial charge < -0.3 is 10.6 Å². The minimum absolute atomic E-state index is 0. The smallest absolute Gasteiger partial charge is 0.228 e. The fraction of sp³-hybridized carbons (Fsp3) is 0.500. The summed E-state index contributed by atoms with van der Waals surface area (Å²) in [7, 11) is 0. The summed E-state index contributed by atoms with van der Waals surface area (Å²) in [6.07, 6.45) is 8.50. The number of benzene rings is 1. The molecule has 0 unspecified atom stereocenters. The number of halogens is 1. The molecule has 1 saturated carbocycles. The molecule has 0 spiro atoms. The largest absolute Gasteiger partial charge is 0.351 e. The highest BCUT2D eigenvalue weighted by molar-refractivity contribution is 5.85. The maximum absolute atomic E-state index is 12.9. The first-order valence-corrected chi connectivity index (χ1v) is 9.30. The first kappa shape index (κ1) is 18.9. The van der Waals surface area contributed by atoms with E-state index in [0.717, 1.165) is 31.6 Å². The van der Waals surface area contributed by atoms with Crippen LogP contribution in [0, 0.1) is 11.3 Å². The monoisotopic (exact) mass is 374 g/mol. The number of carbonyl (C=O) groups is 1. The van der Waals surface area contributed by atoms with Crippen LogP contribution in [0.5, 0.6) is 0 Å². The summed E-state index contributed by atoms with van der Waals surface area (Å²) in [5.74, 6) is 0.722. The molecule has 140 valence electrons. The van der Waals surface area contributed by atoms with Crippen LogP contribution in [-0.4, -0.2) is 28.8 Å². The van der Waals surface area contributed by atoms with Gasteiger partial charge in [-0.15, -0.1) is 12.4 Å². The molecular formula is C20H27ClN4O. The van der Waals surface area contributed by atoms with Crippen molar-refractivity contribution >= 4 is 18.3 Å². The fourth-order valence-corrected chi connectivity index (χ4v) is 4.40. The van der Waals surface area contributed by atoms with Gasteiger partial charge in [0.25, 0.3) is 0 Å². The quantitative estimate of drug-likeness (QED) is 0.846. The lowest BCUT2D eigenvalue weighted by Crippen LogP contribution is -2.47. The Labute approximate surface area is 161 Å². The second-order valence-corrected chi connectivity index (χ2v) is 7.44. The van der Waals surface area contributed by atoms with E-state index < -0.39 is 0 Å². The molecule has 2 N–H and O–H groups in total. The third-order valence-corrected chi connectivity index (χ3v) is 5.82. The Balaban J connectivity index is 0.00000196. The van der Waals surface area contributed by atoms with Gasteiger partial charge in [0.2, 0.25) is 5.91 Å². The molecule has 2 heterocycles. The average molecular weight is 375 g/mol. The summed E-state index contributed by atoms with van der Waals surface area (Å²) >= 11 is 0. The highest BCUT2D eigenvalue weighted by Gasteiger charge is 2.49. The van der Waals surface area contributed by atoms with Crippen molar-refractivity contribution in [3.8, 4) is 0 Å². The zero-order valence-electron chi connectivity index (χ0n) is 15.0. The molecule has 2 atom stereocenters. The Kier molecular flexibility index (Phi) is 5.99. The van der Waals surface area contributed by atoms with Crippen LogP contribution in [0.3, 0.4) is 0 Å². The van der Waals surface area contributed by atoms with Crippen molar-refractivity contribution in [3.63, 3.8) is 0 Å². The van der Waals surface area contributed by atoms with Crippen LogP contribution in [0.2, 0.25) is 0 Å². The second kappa shape index (κ2) is 8.23. The lowest BCUT2D eigenvalue weighted by molar-refractivity contribution is -0.134. The third-order valence-electron chi connectivity index (χ3n) is 5.82. The first-order chi connectivity index (χ1) is 12.3. The molecule has 1 saturated heterocycles. The van der Waals surface area contributed by atoms with Gasteiger partial charge in [-0.3, -0.25) is 9.48 Å². The SMILES string of the molecule is Cl.O=C(NCc1cnn(Cc2ccccc2)c1)[C@@]12CCCC[C@H]1CNC2. The van der Waals surface area contributed by atoms with Crippen molar-refractivity contribution in [2.45, 2.75) is 38.8 Å².